The fraction of sp³-hybridized carbons (Fsp3) is 0.0556. The topological polar surface area (TPSA) is 70.1 Å². The Balaban J connectivity index is 1.61. The Labute approximate surface area is 154 Å². The molecule has 25 heavy (non-hydrogen) atoms. The maximum absolute atomic E-state index is 12.1. The lowest BCUT2D eigenvalue weighted by Gasteiger charge is -1.96. The number of hydrogen-bond donors (Lipinski definition) is 2. The number of amides is 1. The standard InChI is InChI=1S/C18H15ClN4OS/c1-12(9-13-5-3-2-4-6-13)11-20-23-18(24)15-10-14(21-22-15)16-7-8-17(19)25-16/h2-11H,1H3,(H,21,22)(H,23,24)/b12-9+,20-11-. The van der Waals surface area contributed by atoms with E-state index in [2.05, 4.69) is 20.7 Å². The Kier molecular flexibility index (Phi) is 5.42. The molecule has 7 heteroatoms. The number of hydrazone groups is 1. The minimum Gasteiger partial charge on any atom is -0.276 e. The first-order valence-corrected chi connectivity index (χ1v) is 8.69. The van der Waals surface area contributed by atoms with Gasteiger partial charge in [0, 0.05) is 0 Å². The number of aromatic nitrogens is 2. The van der Waals surface area contributed by atoms with Crippen LogP contribution in [0.3, 0.4) is 0 Å². The number of nitrogens with one attached hydrogen (secondary N) is 2. The Morgan fingerprint density at radius 2 is 2.08 bits per heavy atom. The van der Waals surface area contributed by atoms with Crippen molar-refractivity contribution in [2.24, 2.45) is 5.10 Å². The summed E-state index contributed by atoms with van der Waals surface area (Å²) in [5.74, 6) is -0.381. The smallest absolute Gasteiger partial charge is 0.276 e. The van der Waals surface area contributed by atoms with Gasteiger partial charge in [-0.15, -0.1) is 11.3 Å². The zero-order valence-electron chi connectivity index (χ0n) is 13.4. The van der Waals surface area contributed by atoms with Gasteiger partial charge >= 0.3 is 0 Å². The molecule has 5 nitrogen and oxygen atoms in total. The molecule has 2 heterocycles. The van der Waals surface area contributed by atoms with E-state index < -0.39 is 0 Å². The minimum absolute atomic E-state index is 0.265. The summed E-state index contributed by atoms with van der Waals surface area (Å²) in [6, 6.07) is 15.2. The number of thiophene rings is 1. The van der Waals surface area contributed by atoms with Gasteiger partial charge in [0.25, 0.3) is 5.91 Å². The second-order valence-corrected chi connectivity index (χ2v) is 6.98. The first-order chi connectivity index (χ1) is 12.1. The van der Waals surface area contributed by atoms with Gasteiger partial charge in [0.1, 0.15) is 0 Å². The van der Waals surface area contributed by atoms with Crippen LogP contribution in [-0.2, 0) is 0 Å². The number of rotatable bonds is 5. The average Bonchev–Trinajstić information content (AvgIpc) is 3.24. The molecule has 1 aromatic carbocycles. The van der Waals surface area contributed by atoms with Crippen LogP contribution in [0.25, 0.3) is 16.6 Å². The molecule has 126 valence electrons. The molecule has 0 aliphatic carbocycles. The van der Waals surface area contributed by atoms with E-state index in [0.717, 1.165) is 21.7 Å². The second-order valence-electron chi connectivity index (χ2n) is 5.27. The lowest BCUT2D eigenvalue weighted by molar-refractivity contribution is 0.0950. The number of nitrogens with zero attached hydrogens (tertiary/aromatic N) is 2. The van der Waals surface area contributed by atoms with Crippen molar-refractivity contribution >= 4 is 41.1 Å². The first kappa shape index (κ1) is 17.1. The first-order valence-electron chi connectivity index (χ1n) is 7.50. The maximum Gasteiger partial charge on any atom is 0.291 e. The van der Waals surface area contributed by atoms with Gasteiger partial charge < -0.3 is 0 Å². The third-order valence-electron chi connectivity index (χ3n) is 3.28. The summed E-state index contributed by atoms with van der Waals surface area (Å²) in [6.45, 7) is 1.91. The van der Waals surface area contributed by atoms with Gasteiger partial charge in [-0.25, -0.2) is 5.43 Å². The molecule has 0 radical (unpaired) electrons. The van der Waals surface area contributed by atoms with Crippen LogP contribution in [0.15, 0.2) is 59.2 Å². The normalized spacial score (nSPS) is 11.8. The van der Waals surface area contributed by atoms with Gasteiger partial charge in [-0.1, -0.05) is 48.0 Å². The van der Waals surface area contributed by atoms with E-state index in [0.29, 0.717) is 4.34 Å². The number of benzene rings is 1. The largest absolute Gasteiger partial charge is 0.291 e. The van der Waals surface area contributed by atoms with E-state index in [-0.39, 0.29) is 11.6 Å². The van der Waals surface area contributed by atoms with Gasteiger partial charge in [-0.3, -0.25) is 9.89 Å². The fourth-order valence-electron chi connectivity index (χ4n) is 2.12. The maximum atomic E-state index is 12.1. The number of allylic oxidation sites excluding steroid dienone is 1. The minimum atomic E-state index is -0.381. The summed E-state index contributed by atoms with van der Waals surface area (Å²) >= 11 is 7.33. The molecule has 0 bridgehead atoms. The van der Waals surface area contributed by atoms with Crippen LogP contribution in [0.2, 0.25) is 4.34 Å². The SMILES string of the molecule is CC(/C=N\NC(=O)c1cc(-c2ccc(Cl)s2)[nH]n1)=C\c1ccccc1. The predicted molar refractivity (Wildman–Crippen MR) is 103 cm³/mol. The van der Waals surface area contributed by atoms with Crippen molar-refractivity contribution in [2.45, 2.75) is 6.92 Å². The summed E-state index contributed by atoms with van der Waals surface area (Å²) < 4.78 is 0.681. The van der Waals surface area contributed by atoms with Gasteiger partial charge in [0.15, 0.2) is 5.69 Å². The van der Waals surface area contributed by atoms with E-state index in [9.17, 15) is 4.79 Å². The van der Waals surface area contributed by atoms with Gasteiger partial charge in [-0.05, 0) is 36.3 Å². The molecular weight excluding hydrogens is 356 g/mol. The molecule has 3 rings (SSSR count). The van der Waals surface area contributed by atoms with Crippen molar-refractivity contribution < 1.29 is 4.79 Å². The van der Waals surface area contributed by atoms with Crippen LogP contribution < -0.4 is 5.43 Å². The molecule has 0 aliphatic rings. The van der Waals surface area contributed by atoms with Crippen LogP contribution in [0.5, 0.6) is 0 Å². The van der Waals surface area contributed by atoms with Crippen molar-refractivity contribution in [1.29, 1.82) is 0 Å². The molecule has 0 saturated carbocycles. The molecule has 1 amide bonds. The van der Waals surface area contributed by atoms with Crippen LogP contribution in [0.4, 0.5) is 0 Å². The summed E-state index contributed by atoms with van der Waals surface area (Å²) in [4.78, 5) is 13.0. The lowest BCUT2D eigenvalue weighted by atomic mass is 10.1. The highest BCUT2D eigenvalue weighted by Crippen LogP contribution is 2.29. The van der Waals surface area contributed by atoms with Gasteiger partial charge in [-0.2, -0.15) is 10.2 Å². The molecule has 3 aromatic rings. The zero-order chi connectivity index (χ0) is 17.6. The molecule has 0 saturated heterocycles. The highest BCUT2D eigenvalue weighted by Gasteiger charge is 2.11. The van der Waals surface area contributed by atoms with Crippen LogP contribution >= 0.6 is 22.9 Å². The number of carbonyl (C=O) groups is 1. The molecule has 0 fully saturated rings. The van der Waals surface area contributed by atoms with E-state index in [1.165, 1.54) is 11.3 Å². The van der Waals surface area contributed by atoms with E-state index >= 15 is 0 Å². The van der Waals surface area contributed by atoms with Crippen molar-refractivity contribution in [1.82, 2.24) is 15.6 Å². The summed E-state index contributed by atoms with van der Waals surface area (Å²) in [5.41, 5.74) is 5.47. The van der Waals surface area contributed by atoms with Crippen molar-refractivity contribution in [3.8, 4) is 10.6 Å². The van der Waals surface area contributed by atoms with E-state index in [1.807, 2.05) is 49.4 Å². The van der Waals surface area contributed by atoms with Gasteiger partial charge in [0.2, 0.25) is 0 Å². The van der Waals surface area contributed by atoms with Crippen LogP contribution in [0.1, 0.15) is 23.0 Å². The lowest BCUT2D eigenvalue weighted by Crippen LogP contribution is -2.17. The molecule has 0 unspecified atom stereocenters. The fourth-order valence-corrected chi connectivity index (χ4v) is 3.13. The zero-order valence-corrected chi connectivity index (χ0v) is 14.9. The highest BCUT2D eigenvalue weighted by molar-refractivity contribution is 7.19. The van der Waals surface area contributed by atoms with Crippen molar-refractivity contribution in [3.05, 3.63) is 69.7 Å². The Hall–Kier alpha value is -2.70. The molecular formula is C18H15ClN4OS. The second kappa shape index (κ2) is 7.92. The third kappa shape index (κ3) is 4.65. The Morgan fingerprint density at radius 1 is 1.28 bits per heavy atom. The van der Waals surface area contributed by atoms with Crippen molar-refractivity contribution in [2.75, 3.05) is 0 Å². The number of aromatic amines is 1. The number of hydrogen-bond acceptors (Lipinski definition) is 4. The van der Waals surface area contributed by atoms with E-state index in [1.54, 1.807) is 18.3 Å². The van der Waals surface area contributed by atoms with Crippen molar-refractivity contribution in [3.63, 3.8) is 0 Å². The summed E-state index contributed by atoms with van der Waals surface area (Å²) in [5, 5.41) is 10.8. The monoisotopic (exact) mass is 370 g/mol. The number of halogens is 1. The number of H-pyrrole nitrogens is 1. The molecule has 2 aromatic heterocycles. The van der Waals surface area contributed by atoms with E-state index in [4.69, 9.17) is 11.6 Å². The summed E-state index contributed by atoms with van der Waals surface area (Å²) in [6.07, 6.45) is 3.57. The average molecular weight is 371 g/mol. The predicted octanol–water partition coefficient (Wildman–Crippen LogP) is 4.61. The van der Waals surface area contributed by atoms with Crippen LogP contribution in [-0.4, -0.2) is 22.3 Å². The molecule has 0 atom stereocenters. The number of carbonyl (C=O) groups excluding carboxylic acids is 1. The summed E-state index contributed by atoms with van der Waals surface area (Å²) in [7, 11) is 0. The van der Waals surface area contributed by atoms with Gasteiger partial charge in [0.05, 0.1) is 21.1 Å². The highest BCUT2D eigenvalue weighted by atomic mass is 35.5. The molecule has 0 spiro atoms. The van der Waals surface area contributed by atoms with Crippen LogP contribution in [0, 0.1) is 0 Å². The quantitative estimate of drug-likeness (QED) is 0.508. The molecule has 2 N–H and O–H groups in total. The Morgan fingerprint density at radius 3 is 2.80 bits per heavy atom. The molecule has 0 aliphatic heterocycles. The third-order valence-corrected chi connectivity index (χ3v) is 4.54. The Bertz CT molecular complexity index is 927.